The van der Waals surface area contributed by atoms with Crippen LogP contribution in [0.2, 0.25) is 0 Å². The second-order valence-corrected chi connectivity index (χ2v) is 4.62. The lowest BCUT2D eigenvalue weighted by Gasteiger charge is -2.30. The molecule has 0 radical (unpaired) electrons. The molecule has 1 amide bonds. The minimum Gasteiger partial charge on any atom is -0.393 e. The number of aliphatic hydroxyl groups excluding tert-OH is 1. The summed E-state index contributed by atoms with van der Waals surface area (Å²) in [5, 5.41) is 20.4. The Kier molecular flexibility index (Phi) is 4.16. The second-order valence-electron chi connectivity index (χ2n) is 4.62. The van der Waals surface area contributed by atoms with Crippen LogP contribution in [-0.2, 0) is 0 Å². The van der Waals surface area contributed by atoms with Crippen LogP contribution in [0.5, 0.6) is 0 Å². The van der Waals surface area contributed by atoms with Crippen molar-refractivity contribution >= 4 is 17.3 Å². The van der Waals surface area contributed by atoms with E-state index in [0.717, 1.165) is 0 Å². The zero-order chi connectivity index (χ0) is 14.7. The molecular weight excluding hydrogens is 264 g/mol. The number of hydrazine groups is 1. The Balaban J connectivity index is 2.30. The Hall–Kier alpha value is -2.19. The molecule has 1 saturated heterocycles. The number of nitro groups is 1. The van der Waals surface area contributed by atoms with Crippen molar-refractivity contribution in [2.45, 2.75) is 18.9 Å². The number of nitrogens with two attached hydrogens (primary N) is 1. The van der Waals surface area contributed by atoms with E-state index < -0.39 is 11.0 Å². The highest BCUT2D eigenvalue weighted by Gasteiger charge is 2.27. The smallest absolute Gasteiger partial charge is 0.294 e. The van der Waals surface area contributed by atoms with Gasteiger partial charge in [0, 0.05) is 19.2 Å². The molecule has 0 saturated carbocycles. The van der Waals surface area contributed by atoms with Gasteiger partial charge in [0.25, 0.3) is 11.6 Å². The van der Waals surface area contributed by atoms with E-state index >= 15 is 0 Å². The fourth-order valence-corrected chi connectivity index (χ4v) is 2.26. The largest absolute Gasteiger partial charge is 0.393 e. The van der Waals surface area contributed by atoms with Crippen LogP contribution in [0.25, 0.3) is 0 Å². The summed E-state index contributed by atoms with van der Waals surface area (Å²) in [6.45, 7) is 0.847. The van der Waals surface area contributed by atoms with E-state index in [1.807, 2.05) is 0 Å². The molecule has 1 fully saturated rings. The summed E-state index contributed by atoms with van der Waals surface area (Å²) in [6, 6.07) is 4.23. The third-order valence-corrected chi connectivity index (χ3v) is 3.37. The highest BCUT2D eigenvalue weighted by atomic mass is 16.6. The molecule has 1 aromatic rings. The van der Waals surface area contributed by atoms with Gasteiger partial charge in [0.05, 0.1) is 16.6 Å². The molecular formula is C12H16N4O4. The predicted molar refractivity (Wildman–Crippen MR) is 72.1 cm³/mol. The van der Waals surface area contributed by atoms with E-state index in [-0.39, 0.29) is 22.8 Å². The number of likely N-dealkylation sites (tertiary alicyclic amines) is 1. The fraction of sp³-hybridized carbons (Fsp3) is 0.417. The Bertz CT molecular complexity index is 526. The minimum atomic E-state index is -0.591. The van der Waals surface area contributed by atoms with Crippen LogP contribution in [0.1, 0.15) is 23.2 Å². The van der Waals surface area contributed by atoms with Gasteiger partial charge >= 0.3 is 0 Å². The number of amides is 1. The van der Waals surface area contributed by atoms with Crippen molar-refractivity contribution in [3.63, 3.8) is 0 Å². The molecule has 8 heteroatoms. The van der Waals surface area contributed by atoms with Gasteiger partial charge in [-0.3, -0.25) is 20.8 Å². The van der Waals surface area contributed by atoms with Crippen LogP contribution in [0.15, 0.2) is 18.2 Å². The topological polar surface area (TPSA) is 122 Å². The average molecular weight is 280 g/mol. The number of hydrogen-bond donors (Lipinski definition) is 3. The lowest BCUT2D eigenvalue weighted by Crippen LogP contribution is -2.40. The average Bonchev–Trinajstić information content (AvgIpc) is 2.46. The zero-order valence-electron chi connectivity index (χ0n) is 10.8. The van der Waals surface area contributed by atoms with E-state index in [1.165, 1.54) is 18.2 Å². The first-order chi connectivity index (χ1) is 9.54. The lowest BCUT2D eigenvalue weighted by molar-refractivity contribution is -0.384. The number of para-hydroxylation sites is 1. The van der Waals surface area contributed by atoms with Crippen LogP contribution in [-0.4, -0.2) is 40.0 Å². The van der Waals surface area contributed by atoms with E-state index in [2.05, 4.69) is 5.43 Å². The SMILES string of the molecule is NNc1c(C(=O)N2CCC(O)CC2)cccc1[N+](=O)[O-]. The van der Waals surface area contributed by atoms with Crippen LogP contribution in [0.4, 0.5) is 11.4 Å². The highest BCUT2D eigenvalue weighted by molar-refractivity contribution is 6.01. The van der Waals surface area contributed by atoms with E-state index in [9.17, 15) is 20.0 Å². The molecule has 1 aliphatic heterocycles. The van der Waals surface area contributed by atoms with Gasteiger partial charge in [0.1, 0.15) is 5.69 Å². The molecule has 0 atom stereocenters. The quantitative estimate of drug-likeness (QED) is 0.420. The van der Waals surface area contributed by atoms with Gasteiger partial charge in [-0.2, -0.15) is 0 Å². The summed E-state index contributed by atoms with van der Waals surface area (Å²) in [6.07, 6.45) is 0.620. The molecule has 1 aliphatic rings. The minimum absolute atomic E-state index is 0.00798. The molecule has 0 unspecified atom stereocenters. The maximum absolute atomic E-state index is 12.4. The lowest BCUT2D eigenvalue weighted by atomic mass is 10.1. The van der Waals surface area contributed by atoms with Crippen LogP contribution < -0.4 is 11.3 Å². The van der Waals surface area contributed by atoms with Crippen LogP contribution >= 0.6 is 0 Å². The number of rotatable bonds is 3. The summed E-state index contributed by atoms with van der Waals surface area (Å²) in [5.74, 6) is 4.99. The number of nitrogen functional groups attached to an aromatic ring is 1. The number of aliphatic hydroxyl groups is 1. The number of nitrogens with one attached hydrogen (secondary N) is 1. The van der Waals surface area contributed by atoms with Gasteiger partial charge in [-0.15, -0.1) is 0 Å². The van der Waals surface area contributed by atoms with Crippen molar-refractivity contribution in [3.8, 4) is 0 Å². The van der Waals surface area contributed by atoms with Crippen molar-refractivity contribution in [1.29, 1.82) is 0 Å². The van der Waals surface area contributed by atoms with Crippen LogP contribution in [0.3, 0.4) is 0 Å². The molecule has 20 heavy (non-hydrogen) atoms. The number of piperidine rings is 1. The number of nitrogens with zero attached hydrogens (tertiary/aromatic N) is 2. The summed E-state index contributed by atoms with van der Waals surface area (Å²) in [4.78, 5) is 24.3. The monoisotopic (exact) mass is 280 g/mol. The number of carbonyl (C=O) groups is 1. The first-order valence-electron chi connectivity index (χ1n) is 6.26. The van der Waals surface area contributed by atoms with E-state index in [1.54, 1.807) is 4.90 Å². The molecule has 1 heterocycles. The zero-order valence-corrected chi connectivity index (χ0v) is 10.8. The number of nitro benzene ring substituents is 1. The number of carbonyl (C=O) groups excluding carboxylic acids is 1. The molecule has 1 aromatic carbocycles. The number of anilines is 1. The maximum Gasteiger partial charge on any atom is 0.294 e. The van der Waals surface area contributed by atoms with Gasteiger partial charge in [0.15, 0.2) is 0 Å². The summed E-state index contributed by atoms with van der Waals surface area (Å²) < 4.78 is 0. The van der Waals surface area contributed by atoms with E-state index in [4.69, 9.17) is 5.84 Å². The Morgan fingerprint density at radius 1 is 1.45 bits per heavy atom. The molecule has 0 aromatic heterocycles. The normalized spacial score (nSPS) is 16.0. The van der Waals surface area contributed by atoms with Crippen molar-refractivity contribution in [1.82, 2.24) is 4.90 Å². The summed E-state index contributed by atoms with van der Waals surface area (Å²) in [7, 11) is 0. The number of benzene rings is 1. The van der Waals surface area contributed by atoms with Gasteiger partial charge in [-0.05, 0) is 18.9 Å². The Morgan fingerprint density at radius 3 is 2.65 bits per heavy atom. The third-order valence-electron chi connectivity index (χ3n) is 3.37. The highest BCUT2D eigenvalue weighted by Crippen LogP contribution is 2.28. The summed E-state index contributed by atoms with van der Waals surface area (Å²) >= 11 is 0. The molecule has 0 bridgehead atoms. The maximum atomic E-state index is 12.4. The Labute approximate surface area is 115 Å². The van der Waals surface area contributed by atoms with Gasteiger partial charge in [-0.1, -0.05) is 6.07 Å². The molecule has 108 valence electrons. The van der Waals surface area contributed by atoms with E-state index in [0.29, 0.717) is 25.9 Å². The molecule has 8 nitrogen and oxygen atoms in total. The van der Waals surface area contributed by atoms with Gasteiger partial charge in [0.2, 0.25) is 0 Å². The van der Waals surface area contributed by atoms with Crippen molar-refractivity contribution < 1.29 is 14.8 Å². The van der Waals surface area contributed by atoms with Gasteiger partial charge < -0.3 is 15.4 Å². The van der Waals surface area contributed by atoms with Crippen molar-refractivity contribution in [3.05, 3.63) is 33.9 Å². The van der Waals surface area contributed by atoms with Crippen molar-refractivity contribution in [2.24, 2.45) is 5.84 Å². The standard InChI is InChI=1S/C12H16N4O4/c13-14-11-9(2-1-3-10(11)16(19)20)12(18)15-6-4-8(17)5-7-15/h1-3,8,14,17H,4-7,13H2. The first-order valence-corrected chi connectivity index (χ1v) is 6.26. The molecule has 2 rings (SSSR count). The second kappa shape index (κ2) is 5.85. The third kappa shape index (κ3) is 2.70. The fourth-order valence-electron chi connectivity index (χ4n) is 2.26. The molecule has 0 spiro atoms. The molecule has 4 N–H and O–H groups in total. The summed E-state index contributed by atoms with van der Waals surface area (Å²) in [5.41, 5.74) is 2.17. The number of hydrogen-bond acceptors (Lipinski definition) is 6. The van der Waals surface area contributed by atoms with Crippen molar-refractivity contribution in [2.75, 3.05) is 18.5 Å². The first kappa shape index (κ1) is 14.2. The van der Waals surface area contributed by atoms with Gasteiger partial charge in [-0.25, -0.2) is 0 Å². The molecule has 0 aliphatic carbocycles. The Morgan fingerprint density at radius 2 is 2.10 bits per heavy atom. The predicted octanol–water partition coefficient (Wildman–Crippen LogP) is 0.477. The van der Waals surface area contributed by atoms with Crippen LogP contribution in [0, 0.1) is 10.1 Å².